The molecule has 0 aliphatic rings. The van der Waals surface area contributed by atoms with E-state index in [4.69, 9.17) is 0 Å². The second-order valence-corrected chi connectivity index (χ2v) is 4.27. The van der Waals surface area contributed by atoms with Gasteiger partial charge in [0.2, 0.25) is 0 Å². The molecule has 9 heavy (non-hydrogen) atoms. The van der Waals surface area contributed by atoms with Crippen molar-refractivity contribution < 1.29 is 0 Å². The lowest BCUT2D eigenvalue weighted by Crippen LogP contribution is -1.68. The monoisotopic (exact) mass is 162 g/mol. The minimum Gasteiger partial charge on any atom is -0.134 e. The molecule has 0 N–H and O–H groups in total. The average Bonchev–Trinajstić information content (AvgIpc) is 1.85. The van der Waals surface area contributed by atoms with Gasteiger partial charge < -0.3 is 0 Å². The highest BCUT2D eigenvalue weighted by Gasteiger charge is 1.84. The fraction of sp³-hybridized carbons (Fsp3) is 0.714. The van der Waals surface area contributed by atoms with Gasteiger partial charge in [0.25, 0.3) is 0 Å². The van der Waals surface area contributed by atoms with Crippen LogP contribution >= 0.6 is 23.5 Å². The highest BCUT2D eigenvalue weighted by molar-refractivity contribution is 8.06. The fourth-order valence-corrected chi connectivity index (χ4v) is 1.80. The van der Waals surface area contributed by atoms with E-state index in [1.807, 2.05) is 23.5 Å². The normalized spacial score (nSPS) is 12.1. The molecule has 0 nitrogen and oxygen atoms in total. The molecule has 0 aromatic heterocycles. The Morgan fingerprint density at radius 2 is 2.00 bits per heavy atom. The zero-order valence-corrected chi connectivity index (χ0v) is 7.94. The predicted octanol–water partition coefficient (Wildman–Crippen LogP) is 3.35. The lowest BCUT2D eigenvalue weighted by Gasteiger charge is -1.94. The van der Waals surface area contributed by atoms with Crippen molar-refractivity contribution in [3.63, 3.8) is 0 Å². The molecule has 0 heterocycles. The van der Waals surface area contributed by atoms with Crippen LogP contribution in [0.3, 0.4) is 0 Å². The Kier molecular flexibility index (Phi) is 6.88. The highest BCUT2D eigenvalue weighted by Crippen LogP contribution is 2.17. The van der Waals surface area contributed by atoms with Crippen LogP contribution in [0.15, 0.2) is 10.3 Å². The van der Waals surface area contributed by atoms with Gasteiger partial charge in [-0.3, -0.25) is 0 Å². The van der Waals surface area contributed by atoms with Gasteiger partial charge in [-0.15, -0.1) is 23.5 Å². The fourth-order valence-electron chi connectivity index (χ4n) is 0.462. The third-order valence-corrected chi connectivity index (χ3v) is 2.65. The van der Waals surface area contributed by atoms with Crippen molar-refractivity contribution in [3.8, 4) is 0 Å². The molecule has 54 valence electrons. The summed E-state index contributed by atoms with van der Waals surface area (Å²) in [5.41, 5.74) is 0. The minimum atomic E-state index is 1.18. The van der Waals surface area contributed by atoms with Crippen molar-refractivity contribution in [1.29, 1.82) is 0 Å². The van der Waals surface area contributed by atoms with Crippen LogP contribution in [0.25, 0.3) is 0 Å². The molecule has 0 unspecified atom stereocenters. The Hall–Kier alpha value is 0.440. The minimum absolute atomic E-state index is 1.18. The molecule has 0 atom stereocenters. The molecular formula is C7H14S2. The van der Waals surface area contributed by atoms with Crippen LogP contribution in [0.5, 0.6) is 0 Å². The number of hydrogen-bond acceptors (Lipinski definition) is 2. The highest BCUT2D eigenvalue weighted by atomic mass is 32.2. The Morgan fingerprint density at radius 3 is 2.44 bits per heavy atom. The molecule has 0 bridgehead atoms. The second kappa shape index (κ2) is 6.56. The first-order valence-corrected chi connectivity index (χ1v) is 5.25. The van der Waals surface area contributed by atoms with Crippen molar-refractivity contribution in [2.45, 2.75) is 20.8 Å². The van der Waals surface area contributed by atoms with Gasteiger partial charge in [-0.25, -0.2) is 0 Å². The topological polar surface area (TPSA) is 0 Å². The summed E-state index contributed by atoms with van der Waals surface area (Å²) in [6.45, 7) is 6.51. The van der Waals surface area contributed by atoms with Crippen molar-refractivity contribution in [3.05, 3.63) is 10.3 Å². The lowest BCUT2D eigenvalue weighted by molar-refractivity contribution is 1.52. The van der Waals surface area contributed by atoms with E-state index >= 15 is 0 Å². The van der Waals surface area contributed by atoms with Crippen LogP contribution in [-0.4, -0.2) is 11.5 Å². The molecule has 0 amide bonds. The first-order chi connectivity index (χ1) is 4.31. The van der Waals surface area contributed by atoms with E-state index < -0.39 is 0 Å². The molecule has 0 radical (unpaired) electrons. The van der Waals surface area contributed by atoms with E-state index in [-0.39, 0.29) is 0 Å². The summed E-state index contributed by atoms with van der Waals surface area (Å²) in [5.74, 6) is 2.37. The van der Waals surface area contributed by atoms with Crippen LogP contribution in [0.1, 0.15) is 20.8 Å². The molecule has 0 aliphatic heterocycles. The van der Waals surface area contributed by atoms with Gasteiger partial charge in [-0.1, -0.05) is 13.8 Å². The molecule has 0 spiro atoms. The zero-order valence-electron chi connectivity index (χ0n) is 6.31. The van der Waals surface area contributed by atoms with Crippen molar-refractivity contribution in [2.24, 2.45) is 0 Å². The SMILES string of the molecule is CCS/C=C(/C)SCC. The number of hydrogen-bond donors (Lipinski definition) is 0. The zero-order chi connectivity index (χ0) is 7.11. The standard InChI is InChI=1S/C7H14S2/c1-4-8-6-7(3)9-5-2/h6H,4-5H2,1-3H3/b7-6-. The number of rotatable bonds is 4. The van der Waals surface area contributed by atoms with E-state index in [0.29, 0.717) is 0 Å². The van der Waals surface area contributed by atoms with Gasteiger partial charge in [0, 0.05) is 0 Å². The summed E-state index contributed by atoms with van der Waals surface area (Å²) >= 11 is 3.78. The van der Waals surface area contributed by atoms with Crippen molar-refractivity contribution in [2.75, 3.05) is 11.5 Å². The molecular weight excluding hydrogens is 148 g/mol. The summed E-state index contributed by atoms with van der Waals surface area (Å²) in [6, 6.07) is 0. The molecule has 0 saturated heterocycles. The van der Waals surface area contributed by atoms with Gasteiger partial charge in [-0.2, -0.15) is 0 Å². The maximum Gasteiger partial charge on any atom is -0.00516 e. The number of allylic oxidation sites excluding steroid dienone is 1. The first kappa shape index (κ1) is 9.44. The molecule has 2 heteroatoms. The molecule has 0 fully saturated rings. The van der Waals surface area contributed by atoms with Crippen molar-refractivity contribution in [1.82, 2.24) is 0 Å². The summed E-state index contributed by atoms with van der Waals surface area (Å²) in [4.78, 5) is 1.43. The van der Waals surface area contributed by atoms with E-state index in [9.17, 15) is 0 Å². The van der Waals surface area contributed by atoms with Gasteiger partial charge in [0.15, 0.2) is 0 Å². The van der Waals surface area contributed by atoms with Gasteiger partial charge in [0.05, 0.1) is 0 Å². The van der Waals surface area contributed by atoms with Crippen LogP contribution in [-0.2, 0) is 0 Å². The van der Waals surface area contributed by atoms with Gasteiger partial charge >= 0.3 is 0 Å². The summed E-state index contributed by atoms with van der Waals surface area (Å²) < 4.78 is 0. The van der Waals surface area contributed by atoms with Crippen LogP contribution in [0.2, 0.25) is 0 Å². The Morgan fingerprint density at radius 1 is 1.33 bits per heavy atom. The van der Waals surface area contributed by atoms with E-state index in [0.717, 1.165) is 0 Å². The molecule has 0 aliphatic carbocycles. The van der Waals surface area contributed by atoms with E-state index in [2.05, 4.69) is 26.2 Å². The lowest BCUT2D eigenvalue weighted by atomic mass is 10.8. The molecule has 0 aromatic carbocycles. The average molecular weight is 162 g/mol. The maximum absolute atomic E-state index is 2.23. The van der Waals surface area contributed by atoms with E-state index in [1.54, 1.807) is 0 Å². The van der Waals surface area contributed by atoms with Crippen LogP contribution in [0.4, 0.5) is 0 Å². The van der Waals surface area contributed by atoms with Crippen LogP contribution in [0, 0.1) is 0 Å². The first-order valence-electron chi connectivity index (χ1n) is 3.22. The van der Waals surface area contributed by atoms with Crippen molar-refractivity contribution >= 4 is 23.5 Å². The van der Waals surface area contributed by atoms with Gasteiger partial charge in [-0.05, 0) is 28.7 Å². The Labute approximate surface area is 66.5 Å². The van der Waals surface area contributed by atoms with Gasteiger partial charge in [0.1, 0.15) is 0 Å². The molecule has 0 saturated carbocycles. The number of thioether (sulfide) groups is 2. The third-order valence-electron chi connectivity index (χ3n) is 0.788. The maximum atomic E-state index is 2.23. The predicted molar refractivity (Wildman–Crippen MR) is 50.0 cm³/mol. The van der Waals surface area contributed by atoms with E-state index in [1.165, 1.54) is 16.4 Å². The molecule has 0 rings (SSSR count). The quantitative estimate of drug-likeness (QED) is 0.621. The molecule has 0 aromatic rings. The Balaban J connectivity index is 3.30. The summed E-state index contributed by atoms with van der Waals surface area (Å²) in [7, 11) is 0. The third kappa shape index (κ3) is 6.32. The largest absolute Gasteiger partial charge is 0.134 e. The summed E-state index contributed by atoms with van der Waals surface area (Å²) in [6.07, 6.45) is 0. The Bertz CT molecular complexity index is 86.9. The second-order valence-electron chi connectivity index (χ2n) is 1.62. The summed E-state index contributed by atoms with van der Waals surface area (Å²) in [5, 5.41) is 2.23. The smallest absolute Gasteiger partial charge is 0.00516 e. The van der Waals surface area contributed by atoms with Crippen LogP contribution < -0.4 is 0 Å².